The van der Waals surface area contributed by atoms with Crippen LogP contribution in [0.4, 0.5) is 17.2 Å². The van der Waals surface area contributed by atoms with E-state index in [0.29, 0.717) is 22.7 Å². The number of benzene rings is 1. The molecule has 2 aromatic rings. The Morgan fingerprint density at radius 2 is 2.18 bits per heavy atom. The predicted molar refractivity (Wildman–Crippen MR) is 110 cm³/mol. The molecule has 0 radical (unpaired) electrons. The number of ether oxygens (including phenoxy) is 1. The van der Waals surface area contributed by atoms with E-state index in [1.165, 1.54) is 6.20 Å². The quantitative estimate of drug-likeness (QED) is 0.452. The van der Waals surface area contributed by atoms with Crippen molar-refractivity contribution in [1.82, 2.24) is 9.97 Å². The minimum absolute atomic E-state index is 0.0495. The zero-order chi connectivity index (χ0) is 19.9. The third-order valence-electron chi connectivity index (χ3n) is 4.31. The van der Waals surface area contributed by atoms with Crippen LogP contribution < -0.4 is 20.7 Å². The average molecular weight is 378 g/mol. The molecule has 8 heteroatoms. The fourth-order valence-corrected chi connectivity index (χ4v) is 2.93. The Morgan fingerprint density at radius 1 is 1.39 bits per heavy atom. The Balaban J connectivity index is 1.81. The number of carbonyl (C=O) groups excluding carboxylic acids is 1. The van der Waals surface area contributed by atoms with Gasteiger partial charge in [-0.1, -0.05) is 5.92 Å². The summed E-state index contributed by atoms with van der Waals surface area (Å²) in [7, 11) is 1.64. The van der Waals surface area contributed by atoms with Crippen LogP contribution in [-0.2, 0) is 0 Å². The van der Waals surface area contributed by atoms with Gasteiger partial charge in [-0.2, -0.15) is 0 Å². The fourth-order valence-electron chi connectivity index (χ4n) is 2.93. The van der Waals surface area contributed by atoms with E-state index >= 15 is 0 Å². The van der Waals surface area contributed by atoms with Gasteiger partial charge in [0.25, 0.3) is 5.91 Å². The molecular formula is C20H22N6O2. The molecule has 144 valence electrons. The fraction of sp³-hybridized carbons (Fsp3) is 0.300. The van der Waals surface area contributed by atoms with Crippen LogP contribution in [0.5, 0.6) is 5.75 Å². The van der Waals surface area contributed by atoms with Crippen molar-refractivity contribution in [3.8, 4) is 18.1 Å². The van der Waals surface area contributed by atoms with Gasteiger partial charge in [-0.3, -0.25) is 9.79 Å². The maximum atomic E-state index is 12.6. The summed E-state index contributed by atoms with van der Waals surface area (Å²) < 4.78 is 5.51. The number of nitrogen functional groups attached to an aromatic ring is 1. The number of carbonyl (C=O) groups is 1. The maximum absolute atomic E-state index is 12.6. The van der Waals surface area contributed by atoms with Crippen LogP contribution >= 0.6 is 0 Å². The first-order valence-corrected chi connectivity index (χ1v) is 8.92. The third-order valence-corrected chi connectivity index (χ3v) is 4.31. The first kappa shape index (κ1) is 19.2. The first-order valence-electron chi connectivity index (χ1n) is 8.92. The normalized spacial score (nSPS) is 13.5. The molecule has 0 unspecified atom stereocenters. The second kappa shape index (κ2) is 8.86. The minimum atomic E-state index is -0.407. The van der Waals surface area contributed by atoms with Crippen LogP contribution in [-0.4, -0.2) is 48.8 Å². The van der Waals surface area contributed by atoms with Gasteiger partial charge in [0, 0.05) is 43.7 Å². The number of nitrogens with two attached hydrogens (primary N) is 1. The summed E-state index contributed by atoms with van der Waals surface area (Å²) in [6.45, 7) is 1.97. The van der Waals surface area contributed by atoms with Crippen molar-refractivity contribution in [2.45, 2.75) is 12.8 Å². The van der Waals surface area contributed by atoms with Gasteiger partial charge in [0.1, 0.15) is 23.9 Å². The highest BCUT2D eigenvalue weighted by molar-refractivity contribution is 6.04. The number of aromatic nitrogens is 2. The third kappa shape index (κ3) is 4.38. The Labute approximate surface area is 163 Å². The lowest BCUT2D eigenvalue weighted by atomic mass is 10.1. The van der Waals surface area contributed by atoms with Gasteiger partial charge < -0.3 is 20.7 Å². The number of terminal acetylenes is 1. The van der Waals surface area contributed by atoms with Crippen molar-refractivity contribution in [2.75, 3.05) is 42.7 Å². The number of hydrogen-bond donors (Lipinski definition) is 2. The number of nitrogens with zero attached hydrogens (tertiary/aromatic N) is 4. The van der Waals surface area contributed by atoms with Crippen molar-refractivity contribution >= 4 is 29.3 Å². The zero-order valence-corrected chi connectivity index (χ0v) is 15.7. The van der Waals surface area contributed by atoms with Crippen molar-refractivity contribution < 1.29 is 9.53 Å². The molecule has 1 aromatic heterocycles. The highest BCUT2D eigenvalue weighted by atomic mass is 16.5. The highest BCUT2D eigenvalue weighted by Gasteiger charge is 2.17. The van der Waals surface area contributed by atoms with E-state index in [1.54, 1.807) is 31.6 Å². The lowest BCUT2D eigenvalue weighted by Crippen LogP contribution is -2.20. The van der Waals surface area contributed by atoms with Gasteiger partial charge in [-0.05, 0) is 18.9 Å². The monoisotopic (exact) mass is 378 g/mol. The zero-order valence-electron chi connectivity index (χ0n) is 15.7. The van der Waals surface area contributed by atoms with Crippen LogP contribution in [0.25, 0.3) is 0 Å². The van der Waals surface area contributed by atoms with Crippen molar-refractivity contribution in [3.05, 3.63) is 35.8 Å². The predicted octanol–water partition coefficient (Wildman–Crippen LogP) is 1.97. The summed E-state index contributed by atoms with van der Waals surface area (Å²) >= 11 is 0. The molecule has 2 heterocycles. The summed E-state index contributed by atoms with van der Waals surface area (Å²) in [6, 6.07) is 3.28. The molecule has 0 atom stereocenters. The number of anilines is 3. The molecule has 0 spiro atoms. The van der Waals surface area contributed by atoms with Gasteiger partial charge >= 0.3 is 0 Å². The van der Waals surface area contributed by atoms with E-state index < -0.39 is 5.91 Å². The number of rotatable bonds is 6. The summed E-state index contributed by atoms with van der Waals surface area (Å²) in [4.78, 5) is 27.4. The van der Waals surface area contributed by atoms with Crippen LogP contribution in [0.3, 0.4) is 0 Å². The molecule has 1 fully saturated rings. The Hall–Kier alpha value is -3.60. The van der Waals surface area contributed by atoms with Crippen molar-refractivity contribution in [1.29, 1.82) is 0 Å². The maximum Gasteiger partial charge on any atom is 0.275 e. The second-order valence-corrected chi connectivity index (χ2v) is 6.27. The molecule has 3 rings (SSSR count). The highest BCUT2D eigenvalue weighted by Crippen LogP contribution is 2.30. The van der Waals surface area contributed by atoms with Crippen LogP contribution in [0, 0.1) is 12.3 Å². The van der Waals surface area contributed by atoms with E-state index in [1.807, 2.05) is 0 Å². The van der Waals surface area contributed by atoms with Gasteiger partial charge in [-0.25, -0.2) is 9.97 Å². The topological polar surface area (TPSA) is 106 Å². The van der Waals surface area contributed by atoms with Gasteiger partial charge in [0.15, 0.2) is 0 Å². The van der Waals surface area contributed by atoms with Crippen LogP contribution in [0.15, 0.2) is 29.5 Å². The smallest absolute Gasteiger partial charge is 0.275 e. The Morgan fingerprint density at radius 3 is 2.82 bits per heavy atom. The lowest BCUT2D eigenvalue weighted by Gasteiger charge is -2.16. The molecule has 1 aromatic carbocycles. The number of hydrogen-bond acceptors (Lipinski definition) is 7. The first-order chi connectivity index (χ1) is 13.6. The molecule has 28 heavy (non-hydrogen) atoms. The van der Waals surface area contributed by atoms with Gasteiger partial charge in [0.2, 0.25) is 0 Å². The average Bonchev–Trinajstić information content (AvgIpc) is 3.24. The van der Waals surface area contributed by atoms with E-state index in [4.69, 9.17) is 16.9 Å². The van der Waals surface area contributed by atoms with E-state index in [9.17, 15) is 4.79 Å². The number of aliphatic imine (C=N–C) groups is 1. The molecule has 1 aliphatic heterocycles. The van der Waals surface area contributed by atoms with Crippen LogP contribution in [0.1, 0.15) is 28.9 Å². The summed E-state index contributed by atoms with van der Waals surface area (Å²) in [5.74, 6) is 3.14. The second-order valence-electron chi connectivity index (χ2n) is 6.27. The van der Waals surface area contributed by atoms with E-state index in [2.05, 4.69) is 31.1 Å². The van der Waals surface area contributed by atoms with E-state index in [0.717, 1.165) is 31.7 Å². The molecule has 3 N–H and O–H groups in total. The Bertz CT molecular complexity index is 912. The molecule has 0 aliphatic carbocycles. The SMILES string of the molecule is C#CCOc1cc(N)c(C=NC)cc1NC(=O)c1cnc(N2CCCC2)cn1. The largest absolute Gasteiger partial charge is 0.479 e. The molecule has 0 saturated carbocycles. The van der Waals surface area contributed by atoms with Crippen LogP contribution in [0.2, 0.25) is 0 Å². The van der Waals surface area contributed by atoms with E-state index in [-0.39, 0.29) is 12.3 Å². The summed E-state index contributed by atoms with van der Waals surface area (Å²) in [5, 5.41) is 2.78. The molecule has 0 bridgehead atoms. The summed E-state index contributed by atoms with van der Waals surface area (Å²) in [5.41, 5.74) is 7.75. The number of nitrogens with one attached hydrogen (secondary N) is 1. The van der Waals surface area contributed by atoms with Crippen molar-refractivity contribution in [2.24, 2.45) is 4.99 Å². The molecule has 1 saturated heterocycles. The van der Waals surface area contributed by atoms with Gasteiger partial charge in [-0.15, -0.1) is 6.42 Å². The number of amides is 1. The van der Waals surface area contributed by atoms with Gasteiger partial charge in [0.05, 0.1) is 18.1 Å². The van der Waals surface area contributed by atoms with Crippen molar-refractivity contribution in [3.63, 3.8) is 0 Å². The standard InChI is InChI=1S/C20H22N6O2/c1-3-8-28-18-10-15(21)14(11-22-2)9-16(18)25-20(27)17-12-24-19(13-23-17)26-6-4-5-7-26/h1,9-13H,4-8,21H2,2H3,(H,25,27). The lowest BCUT2D eigenvalue weighted by molar-refractivity contribution is 0.102. The Kier molecular flexibility index (Phi) is 6.07. The molecule has 8 nitrogen and oxygen atoms in total. The molecule has 1 aliphatic rings. The summed E-state index contributed by atoms with van der Waals surface area (Å²) in [6.07, 6.45) is 12.2. The molecule has 1 amide bonds. The molecular weight excluding hydrogens is 356 g/mol. The minimum Gasteiger partial charge on any atom is -0.479 e.